The third-order valence-electron chi connectivity index (χ3n) is 4.56. The molecule has 0 aliphatic heterocycles. The monoisotopic (exact) mass is 457 g/mol. The van der Waals surface area contributed by atoms with E-state index in [9.17, 15) is 14.0 Å². The van der Waals surface area contributed by atoms with Crippen molar-refractivity contribution >= 4 is 17.6 Å². The number of anilines is 1. The maximum absolute atomic E-state index is 13.1. The van der Waals surface area contributed by atoms with Crippen molar-refractivity contribution in [2.45, 2.75) is 27.4 Å². The molecule has 9 nitrogen and oxygen atoms in total. The van der Waals surface area contributed by atoms with Gasteiger partial charge < -0.3 is 24.1 Å². The third-order valence-corrected chi connectivity index (χ3v) is 4.56. The number of aromatic nitrogens is 2. The molecular weight excluding hydrogens is 433 g/mol. The fourth-order valence-corrected chi connectivity index (χ4v) is 2.69. The van der Waals surface area contributed by atoms with Gasteiger partial charge in [-0.15, -0.1) is 0 Å². The number of benzene rings is 2. The molecule has 3 aromatic rings. The molecule has 0 aliphatic carbocycles. The second-order valence-corrected chi connectivity index (χ2v) is 8.06. The number of methoxy groups -OCH3 is 2. The summed E-state index contributed by atoms with van der Waals surface area (Å²) < 4.78 is 34.1. The molecule has 1 N–H and O–H groups in total. The Bertz CT molecular complexity index is 1150. The minimum atomic E-state index is -0.742. The van der Waals surface area contributed by atoms with E-state index >= 15 is 0 Å². The van der Waals surface area contributed by atoms with E-state index in [0.717, 1.165) is 0 Å². The lowest BCUT2D eigenvalue weighted by atomic mass is 9.95. The molecule has 0 fully saturated rings. The van der Waals surface area contributed by atoms with Crippen molar-refractivity contribution in [3.63, 3.8) is 0 Å². The highest BCUT2D eigenvalue weighted by Crippen LogP contribution is 2.34. The van der Waals surface area contributed by atoms with Gasteiger partial charge in [0.2, 0.25) is 11.7 Å². The Kier molecular flexibility index (Phi) is 6.95. The number of hydrogen-bond donors (Lipinski definition) is 1. The molecule has 0 aliphatic rings. The average molecular weight is 457 g/mol. The maximum Gasteiger partial charge on any atom is 0.340 e. The first kappa shape index (κ1) is 23.7. The number of hydrogen-bond acceptors (Lipinski definition) is 8. The lowest BCUT2D eigenvalue weighted by Crippen LogP contribution is -2.28. The SMILES string of the molecule is COc1cc(NC(=O)C(C)(C)C)c(C(=O)OCc2noc(-c3ccc(F)cc3)n2)cc1OC. The van der Waals surface area contributed by atoms with Crippen LogP contribution in [0.2, 0.25) is 0 Å². The largest absolute Gasteiger partial charge is 0.493 e. The zero-order chi connectivity index (χ0) is 24.2. The van der Waals surface area contributed by atoms with Gasteiger partial charge in [-0.3, -0.25) is 4.79 Å². The average Bonchev–Trinajstić information content (AvgIpc) is 3.26. The molecule has 0 unspecified atom stereocenters. The molecule has 174 valence electrons. The van der Waals surface area contributed by atoms with Gasteiger partial charge in [-0.25, -0.2) is 9.18 Å². The van der Waals surface area contributed by atoms with E-state index < -0.39 is 17.2 Å². The summed E-state index contributed by atoms with van der Waals surface area (Å²) in [6.07, 6.45) is 0. The van der Waals surface area contributed by atoms with Gasteiger partial charge in [0.1, 0.15) is 5.82 Å². The van der Waals surface area contributed by atoms with Crippen LogP contribution in [0.4, 0.5) is 10.1 Å². The molecule has 1 amide bonds. The van der Waals surface area contributed by atoms with Gasteiger partial charge in [0.05, 0.1) is 25.5 Å². The summed E-state index contributed by atoms with van der Waals surface area (Å²) in [5, 5.41) is 6.50. The Labute approximate surface area is 189 Å². The second-order valence-electron chi connectivity index (χ2n) is 8.06. The standard InChI is InChI=1S/C23H24FN3O6/c1-23(2,3)22(29)25-16-11-18(31-5)17(30-4)10-15(16)21(28)32-12-19-26-20(33-27-19)13-6-8-14(24)9-7-13/h6-11H,12H2,1-5H3,(H,25,29). The lowest BCUT2D eigenvalue weighted by Gasteiger charge is -2.20. The Morgan fingerprint density at radius 2 is 1.70 bits per heavy atom. The highest BCUT2D eigenvalue weighted by molar-refractivity contribution is 6.03. The summed E-state index contributed by atoms with van der Waals surface area (Å²) in [6, 6.07) is 8.42. The summed E-state index contributed by atoms with van der Waals surface area (Å²) in [4.78, 5) is 29.5. The van der Waals surface area contributed by atoms with Crippen LogP contribution in [-0.2, 0) is 16.1 Å². The molecule has 10 heteroatoms. The van der Waals surface area contributed by atoms with Crippen molar-refractivity contribution in [3.05, 3.63) is 53.6 Å². The van der Waals surface area contributed by atoms with E-state index in [2.05, 4.69) is 15.5 Å². The first-order valence-corrected chi connectivity index (χ1v) is 9.95. The first-order chi connectivity index (χ1) is 15.6. The summed E-state index contributed by atoms with van der Waals surface area (Å²) in [6.45, 7) is 4.95. The third kappa shape index (κ3) is 5.65. The van der Waals surface area contributed by atoms with Gasteiger partial charge in [-0.1, -0.05) is 25.9 Å². The van der Waals surface area contributed by atoms with Crippen molar-refractivity contribution in [2.24, 2.45) is 5.41 Å². The van der Waals surface area contributed by atoms with Gasteiger partial charge >= 0.3 is 5.97 Å². The van der Waals surface area contributed by atoms with Crippen LogP contribution < -0.4 is 14.8 Å². The van der Waals surface area contributed by atoms with Crippen LogP contribution in [0, 0.1) is 11.2 Å². The smallest absolute Gasteiger partial charge is 0.340 e. The maximum atomic E-state index is 13.1. The molecule has 3 rings (SSSR count). The van der Waals surface area contributed by atoms with E-state index in [-0.39, 0.29) is 41.2 Å². The van der Waals surface area contributed by atoms with E-state index in [1.54, 1.807) is 20.8 Å². The molecule has 0 spiro atoms. The predicted octanol–water partition coefficient (Wildman–Crippen LogP) is 4.23. The fraction of sp³-hybridized carbons (Fsp3) is 0.304. The van der Waals surface area contributed by atoms with Crippen molar-refractivity contribution < 1.29 is 32.7 Å². The Morgan fingerprint density at radius 3 is 2.30 bits per heavy atom. The van der Waals surface area contributed by atoms with Gasteiger partial charge in [0.15, 0.2) is 18.1 Å². The van der Waals surface area contributed by atoms with Crippen LogP contribution in [0.5, 0.6) is 11.5 Å². The van der Waals surface area contributed by atoms with Crippen LogP contribution in [0.3, 0.4) is 0 Å². The number of halogens is 1. The van der Waals surface area contributed by atoms with E-state index in [0.29, 0.717) is 11.3 Å². The highest BCUT2D eigenvalue weighted by atomic mass is 19.1. The lowest BCUT2D eigenvalue weighted by molar-refractivity contribution is -0.123. The van der Waals surface area contributed by atoms with Crippen molar-refractivity contribution in [3.8, 4) is 23.0 Å². The van der Waals surface area contributed by atoms with Crippen molar-refractivity contribution in [1.82, 2.24) is 10.1 Å². The summed E-state index contributed by atoms with van der Waals surface area (Å²) in [7, 11) is 2.87. The van der Waals surface area contributed by atoms with Crippen LogP contribution >= 0.6 is 0 Å². The number of ether oxygens (including phenoxy) is 3. The molecule has 1 aromatic heterocycles. The molecule has 0 saturated carbocycles. The highest BCUT2D eigenvalue weighted by Gasteiger charge is 2.25. The van der Waals surface area contributed by atoms with Crippen LogP contribution in [-0.4, -0.2) is 36.2 Å². The van der Waals surface area contributed by atoms with Gasteiger partial charge in [-0.05, 0) is 24.3 Å². The van der Waals surface area contributed by atoms with E-state index in [1.165, 1.54) is 50.6 Å². The zero-order valence-corrected chi connectivity index (χ0v) is 18.9. The molecule has 0 atom stereocenters. The summed E-state index contributed by atoms with van der Waals surface area (Å²) in [5.74, 6) is -0.540. The number of nitrogens with zero attached hydrogens (tertiary/aromatic N) is 2. The summed E-state index contributed by atoms with van der Waals surface area (Å²) >= 11 is 0. The normalized spacial score (nSPS) is 11.1. The van der Waals surface area contributed by atoms with Gasteiger partial charge in [0, 0.05) is 23.1 Å². The Morgan fingerprint density at radius 1 is 1.06 bits per heavy atom. The number of carbonyl (C=O) groups excluding carboxylic acids is 2. The minimum Gasteiger partial charge on any atom is -0.493 e. The summed E-state index contributed by atoms with van der Waals surface area (Å²) in [5.41, 5.74) is 0.0918. The molecular formula is C23H24FN3O6. The van der Waals surface area contributed by atoms with E-state index in [4.69, 9.17) is 18.7 Å². The minimum absolute atomic E-state index is 0.0625. The molecule has 2 aromatic carbocycles. The molecule has 0 radical (unpaired) electrons. The Balaban J connectivity index is 1.81. The van der Waals surface area contributed by atoms with Crippen LogP contribution in [0.15, 0.2) is 40.9 Å². The molecule has 1 heterocycles. The van der Waals surface area contributed by atoms with Crippen molar-refractivity contribution in [1.29, 1.82) is 0 Å². The molecule has 0 saturated heterocycles. The fourth-order valence-electron chi connectivity index (χ4n) is 2.69. The van der Waals surface area contributed by atoms with Crippen LogP contribution in [0.1, 0.15) is 37.0 Å². The molecule has 0 bridgehead atoms. The topological polar surface area (TPSA) is 113 Å². The quantitative estimate of drug-likeness (QED) is 0.525. The van der Waals surface area contributed by atoms with Crippen molar-refractivity contribution in [2.75, 3.05) is 19.5 Å². The number of carbonyl (C=O) groups is 2. The van der Waals surface area contributed by atoms with Gasteiger partial charge in [-0.2, -0.15) is 4.98 Å². The number of nitrogens with one attached hydrogen (secondary N) is 1. The van der Waals surface area contributed by atoms with E-state index in [1.807, 2.05) is 0 Å². The number of rotatable bonds is 7. The number of amides is 1. The predicted molar refractivity (Wildman–Crippen MR) is 116 cm³/mol. The Hall–Kier alpha value is -3.95. The number of esters is 1. The zero-order valence-electron chi connectivity index (χ0n) is 18.9. The molecule has 33 heavy (non-hydrogen) atoms. The van der Waals surface area contributed by atoms with Gasteiger partial charge in [0.25, 0.3) is 5.89 Å². The van der Waals surface area contributed by atoms with Crippen LogP contribution in [0.25, 0.3) is 11.5 Å². The first-order valence-electron chi connectivity index (χ1n) is 9.95. The second kappa shape index (κ2) is 9.68.